The van der Waals surface area contributed by atoms with Crippen LogP contribution in [0.4, 0.5) is 15.0 Å². The Bertz CT molecular complexity index is 1580. The topological polar surface area (TPSA) is 96.1 Å². The molecule has 3 aromatic heterocycles. The van der Waals surface area contributed by atoms with Crippen LogP contribution in [0.1, 0.15) is 43.6 Å². The zero-order chi connectivity index (χ0) is 28.1. The quantitative estimate of drug-likeness (QED) is 0.375. The van der Waals surface area contributed by atoms with Gasteiger partial charge in [0.05, 0.1) is 33.7 Å². The highest BCUT2D eigenvalue weighted by Gasteiger charge is 2.29. The van der Waals surface area contributed by atoms with Crippen LogP contribution in [-0.4, -0.2) is 52.9 Å². The molecule has 0 aliphatic carbocycles. The van der Waals surface area contributed by atoms with Crippen molar-refractivity contribution in [2.24, 2.45) is 7.05 Å². The molecule has 1 aliphatic rings. The molecule has 0 unspecified atom stereocenters. The summed E-state index contributed by atoms with van der Waals surface area (Å²) in [5.41, 5.74) is 4.38. The van der Waals surface area contributed by atoms with E-state index in [2.05, 4.69) is 20.5 Å². The van der Waals surface area contributed by atoms with Crippen molar-refractivity contribution in [3.63, 3.8) is 0 Å². The number of benzene rings is 1. The molecule has 1 aromatic carbocycles. The number of halogens is 2. The second kappa shape index (κ2) is 10.1. The van der Waals surface area contributed by atoms with Crippen LogP contribution in [0.3, 0.4) is 0 Å². The molecule has 13 heteroatoms. The van der Waals surface area contributed by atoms with Crippen molar-refractivity contribution in [2.75, 3.05) is 11.9 Å². The molecule has 0 saturated carbocycles. The van der Waals surface area contributed by atoms with Gasteiger partial charge >= 0.3 is 6.09 Å². The number of hydrogen-bond acceptors (Lipinski definition) is 6. The van der Waals surface area contributed by atoms with Gasteiger partial charge in [-0.25, -0.2) is 14.2 Å². The summed E-state index contributed by atoms with van der Waals surface area (Å²) in [6.45, 7) is 5.23. The zero-order valence-electron chi connectivity index (χ0n) is 21.8. The highest BCUT2D eigenvalue weighted by molar-refractivity contribution is 6.37. The number of carbonyl (C=O) groups is 1. The van der Waals surface area contributed by atoms with Gasteiger partial charge in [0, 0.05) is 53.7 Å². The molecule has 39 heavy (non-hydrogen) atoms. The summed E-state index contributed by atoms with van der Waals surface area (Å²) in [6.07, 6.45) is 2.34. The first-order valence-electron chi connectivity index (χ1n) is 12.2. The highest BCUT2D eigenvalue weighted by atomic mass is 35.5. The van der Waals surface area contributed by atoms with Crippen molar-refractivity contribution in [2.45, 2.75) is 38.6 Å². The Hall–Kier alpha value is -3.79. The van der Waals surface area contributed by atoms with E-state index in [9.17, 15) is 9.18 Å². The number of fused-ring (bicyclic) bond motifs is 7. The minimum absolute atomic E-state index is 0.111. The molecule has 0 fully saturated rings. The molecule has 1 N–H and O–H groups in total. The maximum absolute atomic E-state index is 14.5. The number of pyridine rings is 1. The van der Waals surface area contributed by atoms with Crippen molar-refractivity contribution in [1.82, 2.24) is 24.5 Å². The second-order valence-electron chi connectivity index (χ2n) is 9.52. The average Bonchev–Trinajstić information content (AvgIpc) is 3.39. The Labute approximate surface area is 232 Å². The van der Waals surface area contributed by atoms with Crippen LogP contribution in [0.25, 0.3) is 22.5 Å². The lowest BCUT2D eigenvalue weighted by Crippen LogP contribution is -2.32. The smallest absolute Gasteiger partial charge is 0.412 e. The monoisotopic (exact) mass is 544 g/mol. The largest absolute Gasteiger partial charge is 0.482 e. The van der Waals surface area contributed by atoms with Gasteiger partial charge in [-0.15, -0.1) is 0 Å². The van der Waals surface area contributed by atoms with Crippen molar-refractivity contribution in [3.05, 3.63) is 64.3 Å². The summed E-state index contributed by atoms with van der Waals surface area (Å²) in [7, 11) is 14.4. The van der Waals surface area contributed by atoms with Gasteiger partial charge in [-0.05, 0) is 43.5 Å². The summed E-state index contributed by atoms with van der Waals surface area (Å²) >= 11 is 6.68. The van der Waals surface area contributed by atoms with E-state index < -0.39 is 23.4 Å². The van der Waals surface area contributed by atoms with Crippen LogP contribution < -0.4 is 10.1 Å². The predicted octanol–water partition coefficient (Wildman–Crippen LogP) is 4.72. The van der Waals surface area contributed by atoms with Crippen molar-refractivity contribution in [3.8, 4) is 28.3 Å². The fourth-order valence-electron chi connectivity index (χ4n) is 4.67. The van der Waals surface area contributed by atoms with E-state index in [1.165, 1.54) is 23.0 Å². The number of aryl methyl sites for hydroxylation is 1. The van der Waals surface area contributed by atoms with Gasteiger partial charge in [-0.3, -0.25) is 14.7 Å². The number of ether oxygens (including phenoxy) is 2. The van der Waals surface area contributed by atoms with Gasteiger partial charge in [0.25, 0.3) is 0 Å². The van der Waals surface area contributed by atoms with E-state index in [1.54, 1.807) is 44.6 Å². The fourth-order valence-corrected chi connectivity index (χ4v) is 4.90. The average molecular weight is 545 g/mol. The molecule has 196 valence electrons. The fraction of sp³-hybridized carbons (Fsp3) is 0.308. The molecule has 2 bridgehead atoms. The van der Waals surface area contributed by atoms with Gasteiger partial charge in [0.2, 0.25) is 0 Å². The first-order valence-corrected chi connectivity index (χ1v) is 12.6. The number of nitrogens with one attached hydrogen (secondary N) is 1. The number of nitrogens with zero attached hydrogens (tertiary/aromatic N) is 5. The number of hydrogen-bond donors (Lipinski definition) is 1. The van der Waals surface area contributed by atoms with E-state index in [4.69, 9.17) is 36.8 Å². The molecule has 1 amide bonds. The van der Waals surface area contributed by atoms with Crippen LogP contribution in [0.15, 0.2) is 36.7 Å². The first-order chi connectivity index (χ1) is 18.5. The number of carbonyl (C=O) groups excluding carboxylic acids is 1. The van der Waals surface area contributed by atoms with Crippen LogP contribution >= 0.6 is 11.6 Å². The summed E-state index contributed by atoms with van der Waals surface area (Å²) in [6, 6.07) is 6.12. The Morgan fingerprint density at radius 2 is 2.10 bits per heavy atom. The Balaban J connectivity index is 1.80. The van der Waals surface area contributed by atoms with Crippen LogP contribution in [0.2, 0.25) is 5.15 Å². The lowest BCUT2D eigenvalue weighted by Gasteiger charge is -2.25. The molecular formula is C26H24B2ClFN6O3. The minimum Gasteiger partial charge on any atom is -0.482 e. The van der Waals surface area contributed by atoms with E-state index in [0.29, 0.717) is 40.1 Å². The predicted molar refractivity (Wildman–Crippen MR) is 147 cm³/mol. The molecule has 4 aromatic rings. The molecule has 4 heterocycles. The van der Waals surface area contributed by atoms with E-state index in [0.717, 1.165) is 5.56 Å². The molecular weight excluding hydrogens is 520 g/mol. The summed E-state index contributed by atoms with van der Waals surface area (Å²) in [5.74, 6) is -0.113. The standard InChI is InChI=1S/C26H24B2ClFN6O3/c1-5-38-25(37)32-24-20-9-14(11-31-24)22-19(23(29)34-36(22)26(3,27)28)8-15-12-35(4)33-21(15)17-7-6-16(30)10-18(17)13(2)39-20/h6-7,9-13H,5,8H2,1-4H3,(H,31,32,37)/t13-/m1/s1. The Morgan fingerprint density at radius 1 is 1.33 bits per heavy atom. The maximum Gasteiger partial charge on any atom is 0.412 e. The van der Waals surface area contributed by atoms with E-state index >= 15 is 0 Å². The van der Waals surface area contributed by atoms with Gasteiger partial charge < -0.3 is 9.47 Å². The van der Waals surface area contributed by atoms with Gasteiger partial charge in [0.15, 0.2) is 16.7 Å². The third-order valence-electron chi connectivity index (χ3n) is 6.30. The van der Waals surface area contributed by atoms with Crippen LogP contribution in [0, 0.1) is 5.82 Å². The molecule has 1 aliphatic heterocycles. The van der Waals surface area contributed by atoms with E-state index in [1.807, 2.05) is 6.20 Å². The SMILES string of the molecule is [B]C([B])(C)n1nc(Cl)c2c1-c1cnc(NC(=O)OCC)c(c1)O[C@H](C)c1cc(F)ccc1-c1nn(C)cc1C2. The molecule has 0 spiro atoms. The normalized spacial score (nSPS) is 14.7. The molecule has 0 saturated heterocycles. The Morgan fingerprint density at radius 3 is 2.82 bits per heavy atom. The number of aromatic nitrogens is 5. The number of amides is 1. The Kier molecular flexibility index (Phi) is 6.92. The first kappa shape index (κ1) is 26.8. The lowest BCUT2D eigenvalue weighted by molar-refractivity contribution is 0.167. The van der Waals surface area contributed by atoms with Crippen molar-refractivity contribution < 1.29 is 18.7 Å². The third kappa shape index (κ3) is 5.13. The lowest BCUT2D eigenvalue weighted by atomic mass is 9.63. The number of anilines is 1. The molecule has 1 atom stereocenters. The van der Waals surface area contributed by atoms with Crippen LogP contribution in [0.5, 0.6) is 5.75 Å². The molecule has 4 radical (unpaired) electrons. The van der Waals surface area contributed by atoms with Gasteiger partial charge in [-0.1, -0.05) is 18.5 Å². The van der Waals surface area contributed by atoms with Crippen molar-refractivity contribution >= 4 is 39.2 Å². The highest BCUT2D eigenvalue weighted by Crippen LogP contribution is 2.41. The zero-order valence-corrected chi connectivity index (χ0v) is 22.6. The summed E-state index contributed by atoms with van der Waals surface area (Å²) in [4.78, 5) is 16.7. The summed E-state index contributed by atoms with van der Waals surface area (Å²) in [5, 5.41) is 10.5. The second-order valence-corrected chi connectivity index (χ2v) is 9.87. The maximum atomic E-state index is 14.5. The molecule has 9 nitrogen and oxygen atoms in total. The molecule has 5 rings (SSSR count). The third-order valence-corrected chi connectivity index (χ3v) is 6.60. The van der Waals surface area contributed by atoms with Crippen LogP contribution in [-0.2, 0) is 23.5 Å². The van der Waals surface area contributed by atoms with Crippen molar-refractivity contribution in [1.29, 1.82) is 0 Å². The number of rotatable bonds is 3. The summed E-state index contributed by atoms with van der Waals surface area (Å²) < 4.78 is 29.0. The minimum atomic E-state index is -1.41. The van der Waals surface area contributed by atoms with Gasteiger partial charge in [0.1, 0.15) is 11.9 Å². The van der Waals surface area contributed by atoms with E-state index in [-0.39, 0.29) is 23.3 Å². The van der Waals surface area contributed by atoms with Gasteiger partial charge in [-0.2, -0.15) is 10.2 Å².